The van der Waals surface area contributed by atoms with Crippen LogP contribution in [0.3, 0.4) is 0 Å². The molecule has 0 spiro atoms. The second-order valence-corrected chi connectivity index (χ2v) is 13.0. The lowest BCUT2D eigenvalue weighted by Gasteiger charge is -2.36. The van der Waals surface area contributed by atoms with Gasteiger partial charge in [-0.2, -0.15) is 0 Å². The Morgan fingerprint density at radius 3 is 2.21 bits per heavy atom. The molecule has 254 valence electrons. The van der Waals surface area contributed by atoms with E-state index in [1.165, 1.54) is 0 Å². The number of fused-ring (bicyclic) bond motifs is 1. The van der Waals surface area contributed by atoms with Crippen LogP contribution in [0.15, 0.2) is 36.4 Å². The van der Waals surface area contributed by atoms with Gasteiger partial charge in [-0.15, -0.1) is 0 Å². The van der Waals surface area contributed by atoms with Crippen molar-refractivity contribution in [2.45, 2.75) is 59.4 Å². The quantitative estimate of drug-likeness (QED) is 0.253. The predicted octanol–water partition coefficient (Wildman–Crippen LogP) is 4.00. The number of esters is 1. The Hall–Kier alpha value is -4.22. The number of ether oxygens (including phenoxy) is 2. The normalized spacial score (nSPS) is 20.9. The van der Waals surface area contributed by atoms with Crippen LogP contribution in [0, 0.1) is 23.7 Å². The molecule has 1 aromatic carbocycles. The number of amides is 3. The molecule has 12 nitrogen and oxygen atoms in total. The molecule has 2 saturated heterocycles. The number of carbonyl (C=O) groups is 4. The molecule has 3 aliphatic rings. The van der Waals surface area contributed by atoms with Crippen molar-refractivity contribution >= 4 is 29.7 Å². The first kappa shape index (κ1) is 34.1. The Morgan fingerprint density at radius 2 is 1.57 bits per heavy atom. The third-order valence-corrected chi connectivity index (χ3v) is 9.35. The number of aromatic nitrogens is 2. The molecule has 2 aromatic rings. The van der Waals surface area contributed by atoms with E-state index < -0.39 is 11.9 Å². The van der Waals surface area contributed by atoms with E-state index in [9.17, 15) is 19.2 Å². The Kier molecular flexibility index (Phi) is 11.3. The van der Waals surface area contributed by atoms with Gasteiger partial charge in [0, 0.05) is 50.9 Å². The fourth-order valence-electron chi connectivity index (χ4n) is 6.55. The number of anilines is 1. The van der Waals surface area contributed by atoms with Crippen molar-refractivity contribution in [2.24, 2.45) is 23.7 Å². The Balaban J connectivity index is 1.24. The van der Waals surface area contributed by atoms with E-state index in [0.29, 0.717) is 64.1 Å². The van der Waals surface area contributed by atoms with Crippen LogP contribution in [0.1, 0.15) is 63.9 Å². The summed E-state index contributed by atoms with van der Waals surface area (Å²) in [7, 11) is 0. The fraction of sp³-hybridized carbons (Fsp3) is 0.600. The number of carbonyl (C=O) groups excluding carboxylic acids is 4. The molecule has 0 radical (unpaired) electrons. The molecule has 0 unspecified atom stereocenters. The number of hydrogen-bond acceptors (Lipinski definition) is 9. The number of unbranched alkanes of at least 4 members (excludes halogenated alkanes) is 3. The zero-order chi connectivity index (χ0) is 33.5. The monoisotopic (exact) mass is 648 g/mol. The molecule has 1 aromatic heterocycles. The van der Waals surface area contributed by atoms with Crippen molar-refractivity contribution in [2.75, 3.05) is 57.4 Å². The molecule has 1 N–H and O–H groups in total. The van der Waals surface area contributed by atoms with Gasteiger partial charge in [0.05, 0.1) is 19.1 Å². The van der Waals surface area contributed by atoms with Crippen molar-refractivity contribution in [3.63, 3.8) is 0 Å². The van der Waals surface area contributed by atoms with Gasteiger partial charge >= 0.3 is 12.1 Å². The number of benzene rings is 1. The summed E-state index contributed by atoms with van der Waals surface area (Å²) in [6.45, 7) is 11.3. The first-order valence-electron chi connectivity index (χ1n) is 17.1. The van der Waals surface area contributed by atoms with Crippen molar-refractivity contribution in [1.82, 2.24) is 25.1 Å². The maximum atomic E-state index is 13.8. The maximum absolute atomic E-state index is 13.8. The molecule has 3 heterocycles. The van der Waals surface area contributed by atoms with Gasteiger partial charge < -0.3 is 29.5 Å². The van der Waals surface area contributed by atoms with Crippen molar-refractivity contribution < 1.29 is 28.7 Å². The number of nitrogens with zero attached hydrogens (tertiary/aromatic N) is 5. The van der Waals surface area contributed by atoms with Crippen LogP contribution < -0.4 is 10.2 Å². The number of nitrogens with one attached hydrogen (secondary N) is 1. The van der Waals surface area contributed by atoms with E-state index in [-0.39, 0.29) is 47.3 Å². The van der Waals surface area contributed by atoms with Gasteiger partial charge in [0.2, 0.25) is 5.91 Å². The van der Waals surface area contributed by atoms with E-state index in [4.69, 9.17) is 14.5 Å². The van der Waals surface area contributed by atoms with Crippen molar-refractivity contribution in [1.29, 1.82) is 0 Å². The van der Waals surface area contributed by atoms with E-state index in [0.717, 1.165) is 31.2 Å². The fourth-order valence-corrected chi connectivity index (χ4v) is 6.55. The number of piperazine rings is 1. The van der Waals surface area contributed by atoms with E-state index in [1.807, 2.05) is 51.1 Å². The van der Waals surface area contributed by atoms with E-state index in [2.05, 4.69) is 22.1 Å². The summed E-state index contributed by atoms with van der Waals surface area (Å²) >= 11 is 0. The average Bonchev–Trinajstić information content (AvgIpc) is 3.59. The Morgan fingerprint density at radius 1 is 0.894 bits per heavy atom. The summed E-state index contributed by atoms with van der Waals surface area (Å²) in [5.74, 6) is 0.382. The first-order valence-corrected chi connectivity index (χ1v) is 17.1. The van der Waals surface area contributed by atoms with Gasteiger partial charge in [0.15, 0.2) is 5.82 Å². The molecular weight excluding hydrogens is 600 g/mol. The molecule has 3 amide bonds. The highest BCUT2D eigenvalue weighted by atomic mass is 16.6. The summed E-state index contributed by atoms with van der Waals surface area (Å²) in [6.07, 6.45) is 3.79. The summed E-state index contributed by atoms with van der Waals surface area (Å²) < 4.78 is 10.7. The molecule has 2 aliphatic heterocycles. The van der Waals surface area contributed by atoms with Crippen LogP contribution in [0.25, 0.3) is 11.4 Å². The van der Waals surface area contributed by atoms with Crippen LogP contribution in [0.2, 0.25) is 0 Å². The summed E-state index contributed by atoms with van der Waals surface area (Å²) in [5.41, 5.74) is 0.937. The van der Waals surface area contributed by atoms with Crippen molar-refractivity contribution in [3.05, 3.63) is 42.1 Å². The molecule has 0 bridgehead atoms. The molecule has 47 heavy (non-hydrogen) atoms. The largest absolute Gasteiger partial charge is 0.466 e. The molecule has 1 aliphatic carbocycles. The van der Waals surface area contributed by atoms with Gasteiger partial charge in [-0.05, 0) is 31.1 Å². The molecule has 4 atom stereocenters. The highest BCUT2D eigenvalue weighted by Crippen LogP contribution is 2.53. The molecule has 5 rings (SSSR count). The average molecular weight is 649 g/mol. The zero-order valence-electron chi connectivity index (χ0n) is 28.0. The summed E-state index contributed by atoms with van der Waals surface area (Å²) in [6, 6.07) is 10.4. The van der Waals surface area contributed by atoms with Gasteiger partial charge in [0.25, 0.3) is 5.91 Å². The number of rotatable bonds is 13. The van der Waals surface area contributed by atoms with E-state index >= 15 is 0 Å². The van der Waals surface area contributed by atoms with Crippen LogP contribution in [-0.2, 0) is 19.1 Å². The maximum Gasteiger partial charge on any atom is 0.409 e. The standard InChI is InChI=1S/C35H48N6O6/c1-5-7-8-12-19-47-35(45)40-17-15-39(16-18-40)33(43)30(23(3)4)38-32(42)27-20-28(37-31(36-27)24-13-10-9-11-14-24)41-21-25-26(22-41)29(25)34(44)46-6-2/h9-11,13-14,20,23,25-26,29-30H,5-8,12,15-19,21-22H2,1-4H3,(H,38,42)/t25-,26+,29-,30-/m0/s1. The highest BCUT2D eigenvalue weighted by Gasteiger charge is 2.60. The SMILES string of the molecule is CCCCCCOC(=O)N1CCN(C(=O)[C@@H](NC(=O)c2cc(N3C[C@@H]4[C@H](C3)[C@@H]4C(=O)OCC)nc(-c3ccccc3)n2)C(C)C)CC1. The van der Waals surface area contributed by atoms with Crippen LogP contribution in [-0.4, -0.2) is 102 Å². The molecule has 12 heteroatoms. The van der Waals surface area contributed by atoms with Gasteiger partial charge in [0.1, 0.15) is 17.6 Å². The third kappa shape index (κ3) is 8.20. The third-order valence-electron chi connectivity index (χ3n) is 9.35. The van der Waals surface area contributed by atoms with Crippen LogP contribution >= 0.6 is 0 Å². The second kappa shape index (κ2) is 15.6. The van der Waals surface area contributed by atoms with Crippen LogP contribution in [0.4, 0.5) is 10.6 Å². The topological polar surface area (TPSA) is 134 Å². The minimum atomic E-state index is -0.775. The Bertz CT molecular complexity index is 1400. The Labute approximate surface area is 277 Å². The van der Waals surface area contributed by atoms with E-state index in [1.54, 1.807) is 15.9 Å². The van der Waals surface area contributed by atoms with Gasteiger partial charge in [-0.1, -0.05) is 70.4 Å². The number of hydrogen-bond donors (Lipinski definition) is 1. The smallest absolute Gasteiger partial charge is 0.409 e. The zero-order valence-corrected chi connectivity index (χ0v) is 28.0. The highest BCUT2D eigenvalue weighted by molar-refractivity contribution is 5.97. The second-order valence-electron chi connectivity index (χ2n) is 13.0. The minimum absolute atomic E-state index is 0.0784. The lowest BCUT2D eigenvalue weighted by atomic mass is 10.0. The van der Waals surface area contributed by atoms with Gasteiger partial charge in [-0.25, -0.2) is 14.8 Å². The van der Waals surface area contributed by atoms with Crippen molar-refractivity contribution in [3.8, 4) is 11.4 Å². The summed E-state index contributed by atoms with van der Waals surface area (Å²) in [4.78, 5) is 67.1. The molecular formula is C35H48N6O6. The first-order chi connectivity index (χ1) is 22.7. The number of piperidine rings is 1. The minimum Gasteiger partial charge on any atom is -0.466 e. The predicted molar refractivity (Wildman–Crippen MR) is 177 cm³/mol. The molecule has 1 saturated carbocycles. The molecule has 3 fully saturated rings. The summed E-state index contributed by atoms with van der Waals surface area (Å²) in [5, 5.41) is 2.95. The van der Waals surface area contributed by atoms with Crippen LogP contribution in [0.5, 0.6) is 0 Å². The lowest BCUT2D eigenvalue weighted by Crippen LogP contribution is -2.57. The lowest BCUT2D eigenvalue weighted by molar-refractivity contribution is -0.145. The van der Waals surface area contributed by atoms with Gasteiger partial charge in [-0.3, -0.25) is 14.4 Å².